The summed E-state index contributed by atoms with van der Waals surface area (Å²) in [6, 6.07) is 3.38. The molecule has 1 aromatic rings. The maximum atomic E-state index is 12.1. The second-order valence-electron chi connectivity index (χ2n) is 7.02. The second kappa shape index (κ2) is 8.35. The van der Waals surface area contributed by atoms with Gasteiger partial charge in [-0.15, -0.1) is 11.6 Å². The lowest BCUT2D eigenvalue weighted by molar-refractivity contribution is -0.119. The molecule has 0 aliphatic carbocycles. The number of hydrogen-bond acceptors (Lipinski definition) is 5. The number of hydrazine groups is 1. The van der Waals surface area contributed by atoms with Crippen LogP contribution in [0.5, 0.6) is 0 Å². The molecule has 142 valence electrons. The zero-order chi connectivity index (χ0) is 19.3. The Hall–Kier alpha value is -2.35. The monoisotopic (exact) mass is 382 g/mol. The SMILES string of the molecule is CC(C)(C)OC(=O)N1CCC(c2ccc(C(=O)NNC(=O)CCl)nc2)C1. The van der Waals surface area contributed by atoms with E-state index in [9.17, 15) is 14.4 Å². The van der Waals surface area contributed by atoms with Gasteiger partial charge in [-0.3, -0.25) is 25.4 Å². The molecule has 1 atom stereocenters. The minimum absolute atomic E-state index is 0.142. The highest BCUT2D eigenvalue weighted by molar-refractivity contribution is 6.27. The second-order valence-corrected chi connectivity index (χ2v) is 7.29. The van der Waals surface area contributed by atoms with Crippen molar-refractivity contribution in [2.45, 2.75) is 38.7 Å². The van der Waals surface area contributed by atoms with Gasteiger partial charge in [0.1, 0.15) is 17.2 Å². The highest BCUT2D eigenvalue weighted by atomic mass is 35.5. The predicted octanol–water partition coefficient (Wildman–Crippen LogP) is 1.81. The van der Waals surface area contributed by atoms with Crippen LogP contribution in [0.4, 0.5) is 4.79 Å². The number of carbonyl (C=O) groups excluding carboxylic acids is 3. The van der Waals surface area contributed by atoms with Crippen LogP contribution in [-0.2, 0) is 9.53 Å². The molecular formula is C17H23ClN4O4. The van der Waals surface area contributed by atoms with E-state index in [1.54, 1.807) is 23.2 Å². The molecule has 1 aromatic heterocycles. The summed E-state index contributed by atoms with van der Waals surface area (Å²) in [6.07, 6.45) is 2.10. The van der Waals surface area contributed by atoms with E-state index < -0.39 is 17.4 Å². The van der Waals surface area contributed by atoms with E-state index in [-0.39, 0.29) is 23.6 Å². The van der Waals surface area contributed by atoms with E-state index in [1.807, 2.05) is 20.8 Å². The van der Waals surface area contributed by atoms with Gasteiger partial charge in [-0.05, 0) is 38.8 Å². The van der Waals surface area contributed by atoms with Gasteiger partial charge in [0.05, 0.1) is 0 Å². The summed E-state index contributed by atoms with van der Waals surface area (Å²) in [6.45, 7) is 6.67. The average molecular weight is 383 g/mol. The Labute approximate surface area is 157 Å². The van der Waals surface area contributed by atoms with Crippen molar-refractivity contribution in [2.75, 3.05) is 19.0 Å². The predicted molar refractivity (Wildman–Crippen MR) is 95.7 cm³/mol. The van der Waals surface area contributed by atoms with Gasteiger partial charge in [0.2, 0.25) is 0 Å². The van der Waals surface area contributed by atoms with Gasteiger partial charge in [0, 0.05) is 25.2 Å². The van der Waals surface area contributed by atoms with Gasteiger partial charge in [-0.25, -0.2) is 4.79 Å². The van der Waals surface area contributed by atoms with Gasteiger partial charge in [-0.1, -0.05) is 6.07 Å². The molecule has 26 heavy (non-hydrogen) atoms. The Bertz CT molecular complexity index is 672. The van der Waals surface area contributed by atoms with E-state index in [2.05, 4.69) is 15.8 Å². The number of hydrogen-bond donors (Lipinski definition) is 2. The molecule has 9 heteroatoms. The average Bonchev–Trinajstić information content (AvgIpc) is 3.08. The van der Waals surface area contributed by atoms with Crippen molar-refractivity contribution in [3.8, 4) is 0 Å². The van der Waals surface area contributed by atoms with Gasteiger partial charge in [0.25, 0.3) is 11.8 Å². The van der Waals surface area contributed by atoms with Gasteiger partial charge < -0.3 is 9.64 Å². The van der Waals surface area contributed by atoms with Gasteiger partial charge in [-0.2, -0.15) is 0 Å². The molecule has 0 radical (unpaired) electrons. The molecule has 2 N–H and O–H groups in total. The minimum Gasteiger partial charge on any atom is -0.444 e. The third-order valence-electron chi connectivity index (χ3n) is 3.77. The molecule has 8 nitrogen and oxygen atoms in total. The fourth-order valence-corrected chi connectivity index (χ4v) is 2.60. The van der Waals surface area contributed by atoms with E-state index in [0.717, 1.165) is 12.0 Å². The molecule has 0 spiro atoms. The Morgan fingerprint density at radius 3 is 2.62 bits per heavy atom. The van der Waals surface area contributed by atoms with Crippen molar-refractivity contribution < 1.29 is 19.1 Å². The summed E-state index contributed by atoms with van der Waals surface area (Å²) in [5.74, 6) is -1.15. The number of halogens is 1. The first-order valence-corrected chi connectivity index (χ1v) is 8.82. The first-order valence-electron chi connectivity index (χ1n) is 8.28. The van der Waals surface area contributed by atoms with Gasteiger partial charge >= 0.3 is 6.09 Å². The molecule has 2 rings (SSSR count). The van der Waals surface area contributed by atoms with Crippen molar-refractivity contribution >= 4 is 29.5 Å². The molecule has 0 saturated carbocycles. The minimum atomic E-state index is -0.531. The van der Waals surface area contributed by atoms with E-state index >= 15 is 0 Å². The third-order valence-corrected chi connectivity index (χ3v) is 4.01. The number of ether oxygens (including phenoxy) is 1. The fourth-order valence-electron chi connectivity index (χ4n) is 2.53. The van der Waals surface area contributed by atoms with Crippen LogP contribution in [-0.4, -0.2) is 52.4 Å². The van der Waals surface area contributed by atoms with Crippen LogP contribution in [0.2, 0.25) is 0 Å². The van der Waals surface area contributed by atoms with Crippen molar-refractivity contribution in [3.05, 3.63) is 29.6 Å². The number of aromatic nitrogens is 1. The van der Waals surface area contributed by atoms with E-state index in [0.29, 0.717) is 13.1 Å². The van der Waals surface area contributed by atoms with Crippen molar-refractivity contribution in [1.82, 2.24) is 20.7 Å². The van der Waals surface area contributed by atoms with Crippen LogP contribution < -0.4 is 10.9 Å². The van der Waals surface area contributed by atoms with Crippen molar-refractivity contribution in [3.63, 3.8) is 0 Å². The highest BCUT2D eigenvalue weighted by Crippen LogP contribution is 2.27. The maximum Gasteiger partial charge on any atom is 0.410 e. The van der Waals surface area contributed by atoms with Crippen molar-refractivity contribution in [1.29, 1.82) is 0 Å². The normalized spacial score (nSPS) is 16.9. The quantitative estimate of drug-likeness (QED) is 0.613. The Balaban J connectivity index is 1.92. The molecule has 1 aliphatic rings. The van der Waals surface area contributed by atoms with Crippen molar-refractivity contribution in [2.24, 2.45) is 0 Å². The number of rotatable bonds is 3. The van der Waals surface area contributed by atoms with Gasteiger partial charge in [0.15, 0.2) is 0 Å². The fraction of sp³-hybridized carbons (Fsp3) is 0.529. The largest absolute Gasteiger partial charge is 0.444 e. The van der Waals surface area contributed by atoms with Crippen LogP contribution in [0.25, 0.3) is 0 Å². The number of likely N-dealkylation sites (tertiary alicyclic amines) is 1. The molecule has 2 heterocycles. The highest BCUT2D eigenvalue weighted by Gasteiger charge is 2.30. The number of carbonyl (C=O) groups is 3. The number of amides is 3. The van der Waals surface area contributed by atoms with E-state index in [1.165, 1.54) is 0 Å². The van der Waals surface area contributed by atoms with Crippen LogP contribution in [0.3, 0.4) is 0 Å². The first-order chi connectivity index (χ1) is 12.2. The number of alkyl halides is 1. The van der Waals surface area contributed by atoms with Crippen LogP contribution in [0.1, 0.15) is 49.2 Å². The van der Waals surface area contributed by atoms with Crippen LogP contribution in [0.15, 0.2) is 18.3 Å². The summed E-state index contributed by atoms with van der Waals surface area (Å²) < 4.78 is 5.39. The lowest BCUT2D eigenvalue weighted by atomic mass is 10.0. The third kappa shape index (κ3) is 5.59. The first kappa shape index (κ1) is 20.0. The topological polar surface area (TPSA) is 101 Å². The summed E-state index contributed by atoms with van der Waals surface area (Å²) in [4.78, 5) is 40.8. The lowest BCUT2D eigenvalue weighted by Crippen LogP contribution is -2.42. The van der Waals surface area contributed by atoms with Crippen LogP contribution >= 0.6 is 11.6 Å². The Morgan fingerprint density at radius 1 is 1.31 bits per heavy atom. The molecule has 1 aliphatic heterocycles. The molecule has 3 amide bonds. The molecule has 1 unspecified atom stereocenters. The summed E-state index contributed by atoms with van der Waals surface area (Å²) in [5.41, 5.74) is 4.99. The zero-order valence-electron chi connectivity index (χ0n) is 15.0. The molecule has 1 fully saturated rings. The maximum absolute atomic E-state index is 12.1. The Morgan fingerprint density at radius 2 is 2.04 bits per heavy atom. The number of pyridine rings is 1. The Kier molecular flexibility index (Phi) is 6.42. The summed E-state index contributed by atoms with van der Waals surface area (Å²) in [7, 11) is 0. The molecular weight excluding hydrogens is 360 g/mol. The van der Waals surface area contributed by atoms with Crippen LogP contribution in [0, 0.1) is 0 Å². The molecule has 1 saturated heterocycles. The molecule has 0 bridgehead atoms. The molecule has 0 aromatic carbocycles. The van der Waals surface area contributed by atoms with E-state index in [4.69, 9.17) is 16.3 Å². The number of nitrogens with one attached hydrogen (secondary N) is 2. The standard InChI is InChI=1S/C17H23ClN4O4/c1-17(2,3)26-16(25)22-7-6-12(10-22)11-4-5-13(19-9-11)15(24)21-20-14(23)8-18/h4-5,9,12H,6-8,10H2,1-3H3,(H,20,23)(H,21,24). The summed E-state index contributed by atoms with van der Waals surface area (Å²) in [5, 5.41) is 0. The lowest BCUT2D eigenvalue weighted by Gasteiger charge is -2.24. The summed E-state index contributed by atoms with van der Waals surface area (Å²) >= 11 is 5.33. The smallest absolute Gasteiger partial charge is 0.410 e. The number of nitrogens with zero attached hydrogens (tertiary/aromatic N) is 2. The zero-order valence-corrected chi connectivity index (χ0v) is 15.8.